The summed E-state index contributed by atoms with van der Waals surface area (Å²) in [5.41, 5.74) is 0.673. The van der Waals surface area contributed by atoms with Crippen LogP contribution in [0.3, 0.4) is 0 Å². The average molecular weight is 323 g/mol. The summed E-state index contributed by atoms with van der Waals surface area (Å²) in [5.74, 6) is 0. The number of fused-ring (bicyclic) bond motifs is 1. The second kappa shape index (κ2) is 5.17. The summed E-state index contributed by atoms with van der Waals surface area (Å²) < 4.78 is 0. The topological polar surface area (TPSA) is 50.9 Å². The fourth-order valence-corrected chi connectivity index (χ4v) is 4.51. The average Bonchev–Trinajstić information content (AvgIpc) is 2.52. The molecule has 2 N–H and O–H groups in total. The molecule has 0 radical (unpaired) electrons. The van der Waals surface area contributed by atoms with Gasteiger partial charge in [-0.15, -0.1) is 0 Å². The number of nitrogens with one attached hydrogen (secondary N) is 2. The van der Waals surface area contributed by atoms with Gasteiger partial charge in [-0.3, -0.25) is 14.7 Å². The van der Waals surface area contributed by atoms with Crippen molar-refractivity contribution in [2.75, 3.05) is 45.0 Å². The largest absolute Gasteiger partial charge is 0.329 e. The van der Waals surface area contributed by atoms with E-state index in [2.05, 4.69) is 37.5 Å². The minimum Gasteiger partial charge on any atom is -0.329 e. The standard InChI is InChI=1S/C18H21N5O/c24-17(19-16-6-5-14-3-1-2-4-15(14)7-16)20-18-8-21-11-22(9-18)13-23(10-18)12-21/h1-7H,8-13H2,(H2,19,20,24). The SMILES string of the molecule is O=C(Nc1ccc2ccccc2c1)NC12CN3CN(CN(C3)C1)C2. The Balaban J connectivity index is 1.32. The molecule has 6 rings (SSSR count). The second-order valence-corrected chi connectivity index (χ2v) is 7.33. The molecule has 4 fully saturated rings. The van der Waals surface area contributed by atoms with E-state index >= 15 is 0 Å². The molecular weight excluding hydrogens is 302 g/mol. The maximum Gasteiger partial charge on any atom is 0.319 e. The summed E-state index contributed by atoms with van der Waals surface area (Å²) in [6.07, 6.45) is 0. The minimum absolute atomic E-state index is 0.115. The summed E-state index contributed by atoms with van der Waals surface area (Å²) in [4.78, 5) is 19.7. The fraction of sp³-hybridized carbons (Fsp3) is 0.389. The van der Waals surface area contributed by atoms with Crippen molar-refractivity contribution in [1.29, 1.82) is 0 Å². The first-order valence-electron chi connectivity index (χ1n) is 8.43. The van der Waals surface area contributed by atoms with E-state index in [-0.39, 0.29) is 11.6 Å². The van der Waals surface area contributed by atoms with Crippen molar-refractivity contribution >= 4 is 22.5 Å². The van der Waals surface area contributed by atoms with E-state index in [9.17, 15) is 4.79 Å². The molecule has 4 saturated heterocycles. The molecule has 0 unspecified atom stereocenters. The highest BCUT2D eigenvalue weighted by Crippen LogP contribution is 2.29. The maximum absolute atomic E-state index is 12.6. The van der Waals surface area contributed by atoms with Crippen molar-refractivity contribution in [3.05, 3.63) is 42.5 Å². The van der Waals surface area contributed by atoms with Crippen LogP contribution in [0.1, 0.15) is 0 Å². The van der Waals surface area contributed by atoms with E-state index in [0.717, 1.165) is 50.7 Å². The molecule has 4 aliphatic rings. The third-order valence-corrected chi connectivity index (χ3v) is 5.16. The van der Waals surface area contributed by atoms with Gasteiger partial charge in [0.1, 0.15) is 0 Å². The second-order valence-electron chi connectivity index (χ2n) is 7.33. The zero-order chi connectivity index (χ0) is 16.1. The van der Waals surface area contributed by atoms with Crippen LogP contribution >= 0.6 is 0 Å². The molecule has 0 spiro atoms. The molecule has 6 heteroatoms. The Bertz CT molecular complexity index is 770. The molecule has 4 bridgehead atoms. The number of hydrogen-bond donors (Lipinski definition) is 2. The van der Waals surface area contributed by atoms with E-state index in [1.807, 2.05) is 30.3 Å². The molecule has 124 valence electrons. The third-order valence-electron chi connectivity index (χ3n) is 5.16. The number of urea groups is 1. The number of amides is 2. The van der Waals surface area contributed by atoms with Crippen molar-refractivity contribution in [1.82, 2.24) is 20.0 Å². The van der Waals surface area contributed by atoms with Crippen molar-refractivity contribution in [2.24, 2.45) is 0 Å². The molecule has 0 atom stereocenters. The highest BCUT2D eigenvalue weighted by Gasteiger charge is 2.49. The Morgan fingerprint density at radius 3 is 2.17 bits per heavy atom. The predicted molar refractivity (Wildman–Crippen MR) is 93.6 cm³/mol. The lowest BCUT2D eigenvalue weighted by Crippen LogP contribution is -2.80. The van der Waals surface area contributed by atoms with Gasteiger partial charge in [0.15, 0.2) is 0 Å². The summed E-state index contributed by atoms with van der Waals surface area (Å²) in [6.45, 7) is 5.87. The van der Waals surface area contributed by atoms with Crippen molar-refractivity contribution in [3.63, 3.8) is 0 Å². The number of hydrogen-bond acceptors (Lipinski definition) is 4. The van der Waals surface area contributed by atoms with Crippen molar-refractivity contribution in [2.45, 2.75) is 5.54 Å². The molecule has 2 amide bonds. The van der Waals surface area contributed by atoms with Crippen LogP contribution in [0.4, 0.5) is 10.5 Å². The Kier molecular flexibility index (Phi) is 3.06. The van der Waals surface area contributed by atoms with E-state index in [1.54, 1.807) is 0 Å². The number of nitrogens with zero attached hydrogens (tertiary/aromatic N) is 3. The molecule has 6 nitrogen and oxygen atoms in total. The highest BCUT2D eigenvalue weighted by molar-refractivity contribution is 5.93. The van der Waals surface area contributed by atoms with Gasteiger partial charge in [0.05, 0.1) is 25.5 Å². The lowest BCUT2D eigenvalue weighted by Gasteiger charge is -2.60. The van der Waals surface area contributed by atoms with Crippen LogP contribution < -0.4 is 10.6 Å². The normalized spacial score (nSPS) is 33.6. The Morgan fingerprint density at radius 1 is 0.875 bits per heavy atom. The summed E-state index contributed by atoms with van der Waals surface area (Å²) >= 11 is 0. The first kappa shape index (κ1) is 14.2. The molecule has 0 saturated carbocycles. The van der Waals surface area contributed by atoms with Gasteiger partial charge >= 0.3 is 6.03 Å². The van der Waals surface area contributed by atoms with Crippen LogP contribution in [-0.4, -0.2) is 65.9 Å². The van der Waals surface area contributed by atoms with Gasteiger partial charge in [0, 0.05) is 25.3 Å². The van der Waals surface area contributed by atoms with E-state index in [1.165, 1.54) is 5.39 Å². The quantitative estimate of drug-likeness (QED) is 0.880. The fourth-order valence-electron chi connectivity index (χ4n) is 4.51. The van der Waals surface area contributed by atoms with E-state index in [0.29, 0.717) is 0 Å². The smallest absolute Gasteiger partial charge is 0.319 e. The molecule has 4 aliphatic heterocycles. The number of rotatable bonds is 2. The minimum atomic E-state index is -0.157. The molecular formula is C18H21N5O. The van der Waals surface area contributed by atoms with Crippen LogP contribution in [0.2, 0.25) is 0 Å². The van der Waals surface area contributed by atoms with Crippen molar-refractivity contribution in [3.8, 4) is 0 Å². The van der Waals surface area contributed by atoms with Gasteiger partial charge in [-0.05, 0) is 22.9 Å². The number of carbonyl (C=O) groups excluding carboxylic acids is 1. The maximum atomic E-state index is 12.6. The monoisotopic (exact) mass is 323 g/mol. The first-order valence-corrected chi connectivity index (χ1v) is 8.43. The van der Waals surface area contributed by atoms with Gasteiger partial charge in [-0.2, -0.15) is 0 Å². The number of carbonyl (C=O) groups is 1. The molecule has 4 heterocycles. The van der Waals surface area contributed by atoms with Gasteiger partial charge in [0.2, 0.25) is 0 Å². The zero-order valence-corrected chi connectivity index (χ0v) is 13.5. The Labute approximate surface area is 141 Å². The van der Waals surface area contributed by atoms with Crippen LogP contribution in [0.5, 0.6) is 0 Å². The Morgan fingerprint density at radius 2 is 1.50 bits per heavy atom. The molecule has 0 aromatic heterocycles. The molecule has 2 aromatic carbocycles. The molecule has 24 heavy (non-hydrogen) atoms. The lowest BCUT2D eigenvalue weighted by atomic mass is 9.91. The lowest BCUT2D eigenvalue weighted by molar-refractivity contribution is -0.146. The molecule has 0 aliphatic carbocycles. The van der Waals surface area contributed by atoms with Crippen LogP contribution in [-0.2, 0) is 0 Å². The number of anilines is 1. The van der Waals surface area contributed by atoms with Crippen molar-refractivity contribution < 1.29 is 4.79 Å². The third kappa shape index (κ3) is 2.43. The van der Waals surface area contributed by atoms with Gasteiger partial charge in [-0.1, -0.05) is 30.3 Å². The Hall–Kier alpha value is -2.15. The summed E-state index contributed by atoms with van der Waals surface area (Å²) in [6, 6.07) is 14.1. The number of benzene rings is 2. The first-order chi connectivity index (χ1) is 11.7. The van der Waals surface area contributed by atoms with Gasteiger partial charge < -0.3 is 10.6 Å². The van der Waals surface area contributed by atoms with E-state index in [4.69, 9.17) is 0 Å². The highest BCUT2D eigenvalue weighted by atomic mass is 16.2. The van der Waals surface area contributed by atoms with E-state index < -0.39 is 0 Å². The van der Waals surface area contributed by atoms with Crippen LogP contribution in [0.15, 0.2) is 42.5 Å². The predicted octanol–water partition coefficient (Wildman–Crippen LogP) is 1.52. The molecule has 2 aromatic rings. The van der Waals surface area contributed by atoms with Gasteiger partial charge in [0.25, 0.3) is 0 Å². The zero-order valence-electron chi connectivity index (χ0n) is 13.5. The summed E-state index contributed by atoms with van der Waals surface area (Å²) in [5, 5.41) is 8.56. The van der Waals surface area contributed by atoms with Crippen LogP contribution in [0.25, 0.3) is 10.8 Å². The van der Waals surface area contributed by atoms with Gasteiger partial charge in [-0.25, -0.2) is 4.79 Å². The van der Waals surface area contributed by atoms with Crippen LogP contribution in [0, 0.1) is 0 Å². The summed E-state index contributed by atoms with van der Waals surface area (Å²) in [7, 11) is 0.